The molecule has 0 aliphatic heterocycles. The lowest BCUT2D eigenvalue weighted by Gasteiger charge is -2.12. The maximum atomic E-state index is 4.49. The van der Waals surface area contributed by atoms with Crippen LogP contribution >= 0.6 is 11.3 Å². The van der Waals surface area contributed by atoms with Gasteiger partial charge in [-0.05, 0) is 48.0 Å². The fourth-order valence-corrected chi connectivity index (χ4v) is 4.34. The Labute approximate surface area is 166 Å². The Morgan fingerprint density at radius 2 is 1.82 bits per heavy atom. The zero-order valence-electron chi connectivity index (χ0n) is 15.6. The van der Waals surface area contributed by atoms with Gasteiger partial charge >= 0.3 is 0 Å². The number of H-pyrrole nitrogens is 1. The van der Waals surface area contributed by atoms with Gasteiger partial charge in [0.2, 0.25) is 0 Å². The van der Waals surface area contributed by atoms with E-state index < -0.39 is 0 Å². The highest BCUT2D eigenvalue weighted by Crippen LogP contribution is 2.37. The number of nitrogens with zero attached hydrogens (tertiary/aromatic N) is 3. The second-order valence-electron chi connectivity index (χ2n) is 6.89. The molecule has 0 atom stereocenters. The molecule has 3 heterocycles. The van der Waals surface area contributed by atoms with Crippen molar-refractivity contribution in [3.8, 4) is 10.4 Å². The number of thiophene rings is 1. The van der Waals surface area contributed by atoms with E-state index in [9.17, 15) is 0 Å². The maximum absolute atomic E-state index is 4.49. The van der Waals surface area contributed by atoms with Crippen molar-refractivity contribution in [2.75, 3.05) is 24.3 Å². The van der Waals surface area contributed by atoms with Crippen molar-refractivity contribution in [2.24, 2.45) is 0 Å². The van der Waals surface area contributed by atoms with Crippen molar-refractivity contribution < 1.29 is 0 Å². The molecular weight excluding hydrogens is 366 g/mol. The summed E-state index contributed by atoms with van der Waals surface area (Å²) in [6.07, 6.45) is 3.57. The van der Waals surface area contributed by atoms with E-state index in [1.165, 1.54) is 21.5 Å². The van der Waals surface area contributed by atoms with Crippen LogP contribution in [0.2, 0.25) is 0 Å². The van der Waals surface area contributed by atoms with E-state index in [0.717, 1.165) is 27.2 Å². The Kier molecular flexibility index (Phi) is 3.98. The quantitative estimate of drug-likeness (QED) is 0.420. The Morgan fingerprint density at radius 3 is 2.64 bits per heavy atom. The van der Waals surface area contributed by atoms with Crippen LogP contribution in [0.5, 0.6) is 0 Å². The predicted octanol–water partition coefficient (Wildman–Crippen LogP) is 5.65. The molecule has 5 rings (SSSR count). The highest BCUT2D eigenvalue weighted by Gasteiger charge is 2.11. The first-order valence-electron chi connectivity index (χ1n) is 9.04. The third-order valence-electron chi connectivity index (χ3n) is 4.80. The van der Waals surface area contributed by atoms with Crippen LogP contribution in [-0.2, 0) is 0 Å². The Balaban J connectivity index is 1.51. The molecule has 5 aromatic rings. The first kappa shape index (κ1) is 16.8. The standard InChI is InChI=1S/C22H19N5S/c1-27(2)17-6-3-14(4-7-17)20-12-19-21(28-20)22(25-13-24-19)26-16-5-8-18-15(11-16)9-10-23-18/h3-13,23H,1-2H3,(H,24,25,26). The van der Waals surface area contributed by atoms with Crippen LogP contribution < -0.4 is 10.2 Å². The SMILES string of the molecule is CN(C)c1ccc(-c2cc3ncnc(Nc4ccc5[nH]ccc5c4)c3s2)cc1. The Hall–Kier alpha value is -3.38. The third-order valence-corrected chi connectivity index (χ3v) is 5.98. The summed E-state index contributed by atoms with van der Waals surface area (Å²) in [6.45, 7) is 0. The van der Waals surface area contributed by atoms with Crippen molar-refractivity contribution in [3.63, 3.8) is 0 Å². The summed E-state index contributed by atoms with van der Waals surface area (Å²) in [5, 5.41) is 4.63. The zero-order valence-corrected chi connectivity index (χ0v) is 16.4. The minimum Gasteiger partial charge on any atom is -0.378 e. The lowest BCUT2D eigenvalue weighted by atomic mass is 10.1. The van der Waals surface area contributed by atoms with E-state index in [-0.39, 0.29) is 0 Å². The molecule has 0 bridgehead atoms. The van der Waals surface area contributed by atoms with Gasteiger partial charge in [-0.1, -0.05) is 12.1 Å². The van der Waals surface area contributed by atoms with Crippen molar-refractivity contribution in [1.29, 1.82) is 0 Å². The van der Waals surface area contributed by atoms with E-state index in [1.807, 2.05) is 20.3 Å². The number of aromatic amines is 1. The predicted molar refractivity (Wildman–Crippen MR) is 119 cm³/mol. The molecule has 0 fully saturated rings. The largest absolute Gasteiger partial charge is 0.378 e. The molecule has 2 N–H and O–H groups in total. The van der Waals surface area contributed by atoms with Crippen LogP contribution in [0.1, 0.15) is 0 Å². The number of anilines is 3. The van der Waals surface area contributed by atoms with Gasteiger partial charge < -0.3 is 15.2 Å². The highest BCUT2D eigenvalue weighted by molar-refractivity contribution is 7.22. The zero-order chi connectivity index (χ0) is 19.1. The van der Waals surface area contributed by atoms with Gasteiger partial charge in [0.05, 0.1) is 10.2 Å². The number of nitrogens with one attached hydrogen (secondary N) is 2. The van der Waals surface area contributed by atoms with E-state index in [0.29, 0.717) is 0 Å². The maximum Gasteiger partial charge on any atom is 0.151 e. The van der Waals surface area contributed by atoms with Crippen molar-refractivity contribution in [1.82, 2.24) is 15.0 Å². The number of aromatic nitrogens is 3. The monoisotopic (exact) mass is 385 g/mol. The lowest BCUT2D eigenvalue weighted by molar-refractivity contribution is 1.13. The summed E-state index contributed by atoms with van der Waals surface area (Å²) >= 11 is 1.71. The normalized spacial score (nSPS) is 11.2. The van der Waals surface area contributed by atoms with Crippen LogP contribution in [0.25, 0.3) is 31.6 Å². The first-order chi connectivity index (χ1) is 13.7. The van der Waals surface area contributed by atoms with Gasteiger partial charge in [0, 0.05) is 47.4 Å². The minimum absolute atomic E-state index is 0.834. The summed E-state index contributed by atoms with van der Waals surface area (Å²) < 4.78 is 1.06. The molecule has 0 spiro atoms. The average molecular weight is 385 g/mol. The van der Waals surface area contributed by atoms with E-state index in [1.54, 1.807) is 17.7 Å². The van der Waals surface area contributed by atoms with E-state index in [4.69, 9.17) is 0 Å². The highest BCUT2D eigenvalue weighted by atomic mass is 32.1. The number of hydrogen-bond acceptors (Lipinski definition) is 5. The van der Waals surface area contributed by atoms with Gasteiger partial charge in [-0.15, -0.1) is 11.3 Å². The molecule has 0 aliphatic carbocycles. The molecule has 0 saturated carbocycles. The van der Waals surface area contributed by atoms with E-state index >= 15 is 0 Å². The average Bonchev–Trinajstić information content (AvgIpc) is 3.35. The molecule has 0 unspecified atom stereocenters. The Morgan fingerprint density at radius 1 is 0.964 bits per heavy atom. The molecule has 138 valence electrons. The van der Waals surface area contributed by atoms with Gasteiger partial charge in [0.15, 0.2) is 5.82 Å². The second kappa shape index (κ2) is 6.65. The topological polar surface area (TPSA) is 56.8 Å². The van der Waals surface area contributed by atoms with Crippen LogP contribution in [0, 0.1) is 0 Å². The summed E-state index contributed by atoms with van der Waals surface area (Å²) in [4.78, 5) is 15.5. The molecule has 0 radical (unpaired) electrons. The van der Waals surface area contributed by atoms with Crippen LogP contribution in [0.4, 0.5) is 17.2 Å². The molecule has 2 aromatic carbocycles. The molecule has 3 aromatic heterocycles. The molecular formula is C22H19N5S. The molecule has 28 heavy (non-hydrogen) atoms. The van der Waals surface area contributed by atoms with Crippen molar-refractivity contribution >= 4 is 49.6 Å². The number of benzene rings is 2. The molecule has 0 amide bonds. The smallest absolute Gasteiger partial charge is 0.151 e. The summed E-state index contributed by atoms with van der Waals surface area (Å²) in [6, 6.07) is 19.0. The van der Waals surface area contributed by atoms with Crippen LogP contribution in [0.15, 0.2) is 67.1 Å². The second-order valence-corrected chi connectivity index (χ2v) is 7.95. The van der Waals surface area contributed by atoms with Gasteiger partial charge in [-0.25, -0.2) is 9.97 Å². The van der Waals surface area contributed by atoms with Gasteiger partial charge in [-0.3, -0.25) is 0 Å². The first-order valence-corrected chi connectivity index (χ1v) is 9.85. The van der Waals surface area contributed by atoms with Gasteiger partial charge in [-0.2, -0.15) is 0 Å². The summed E-state index contributed by atoms with van der Waals surface area (Å²) in [5.41, 5.74) is 5.47. The number of fused-ring (bicyclic) bond motifs is 2. The molecule has 5 nitrogen and oxygen atoms in total. The van der Waals surface area contributed by atoms with Crippen LogP contribution in [0.3, 0.4) is 0 Å². The van der Waals surface area contributed by atoms with Crippen LogP contribution in [-0.4, -0.2) is 29.0 Å². The van der Waals surface area contributed by atoms with Crippen molar-refractivity contribution in [2.45, 2.75) is 0 Å². The molecule has 0 aliphatic rings. The van der Waals surface area contributed by atoms with Crippen molar-refractivity contribution in [3.05, 3.63) is 67.1 Å². The van der Waals surface area contributed by atoms with Gasteiger partial charge in [0.1, 0.15) is 6.33 Å². The van der Waals surface area contributed by atoms with E-state index in [2.05, 4.69) is 79.8 Å². The molecule has 0 saturated heterocycles. The minimum atomic E-state index is 0.834. The third kappa shape index (κ3) is 2.97. The fraction of sp³-hybridized carbons (Fsp3) is 0.0909. The number of rotatable bonds is 4. The molecule has 6 heteroatoms. The lowest BCUT2D eigenvalue weighted by Crippen LogP contribution is -2.07. The number of hydrogen-bond donors (Lipinski definition) is 2. The fourth-order valence-electron chi connectivity index (χ4n) is 3.28. The summed E-state index contributed by atoms with van der Waals surface area (Å²) in [5.74, 6) is 0.834. The van der Waals surface area contributed by atoms with Gasteiger partial charge in [0.25, 0.3) is 0 Å². The summed E-state index contributed by atoms with van der Waals surface area (Å²) in [7, 11) is 4.10. The Bertz CT molecular complexity index is 1270.